The van der Waals surface area contributed by atoms with E-state index in [2.05, 4.69) is 4.98 Å². The Labute approximate surface area is 85.2 Å². The fourth-order valence-electron chi connectivity index (χ4n) is 0.489. The van der Waals surface area contributed by atoms with Gasteiger partial charge < -0.3 is 10.2 Å². The van der Waals surface area contributed by atoms with Crippen LogP contribution in [0, 0.1) is 0 Å². The molecule has 0 radical (unpaired) electrons. The van der Waals surface area contributed by atoms with Gasteiger partial charge in [-0.25, -0.2) is 9.59 Å². The first kappa shape index (κ1) is 12.8. The Kier molecular flexibility index (Phi) is 5.32. The molecule has 80 valence electrons. The van der Waals surface area contributed by atoms with Gasteiger partial charge >= 0.3 is 11.9 Å². The van der Waals surface area contributed by atoms with Crippen LogP contribution in [0.25, 0.3) is 0 Å². The van der Waals surface area contributed by atoms with Crippen molar-refractivity contribution in [1.29, 1.82) is 0 Å². The molecule has 15 heavy (non-hydrogen) atoms. The van der Waals surface area contributed by atoms with Gasteiger partial charge in [-0.05, 0) is 12.1 Å². The molecule has 6 heteroatoms. The highest BCUT2D eigenvalue weighted by Gasteiger charge is 1.99. The lowest BCUT2D eigenvalue weighted by Gasteiger charge is -1.87. The molecular formula is C9H9NO5. The Morgan fingerprint density at radius 3 is 2.00 bits per heavy atom. The van der Waals surface area contributed by atoms with Crippen LogP contribution in [0.4, 0.5) is 0 Å². The van der Waals surface area contributed by atoms with E-state index in [0.29, 0.717) is 0 Å². The van der Waals surface area contributed by atoms with E-state index < -0.39 is 17.7 Å². The maximum absolute atomic E-state index is 10.2. The van der Waals surface area contributed by atoms with Gasteiger partial charge in [-0.2, -0.15) is 0 Å². The zero-order chi connectivity index (χ0) is 11.8. The molecule has 0 atom stereocenters. The number of carbonyl (C=O) groups excluding carboxylic acids is 1. The third kappa shape index (κ3) is 5.92. The minimum Gasteiger partial charge on any atom is -0.478 e. The molecule has 0 aliphatic carbocycles. The van der Waals surface area contributed by atoms with E-state index in [9.17, 15) is 14.4 Å². The standard InChI is InChI=1S/C6H5NO2.C3H4O3/c8-6(9)5-2-1-3-7-4-5;1-2(4)3(5)6/h1-4H,(H,8,9);1H3,(H,5,6). The Balaban J connectivity index is 0.000000288. The SMILES string of the molecule is CC(=O)C(=O)O.O=C(O)c1cccnc1. The zero-order valence-electron chi connectivity index (χ0n) is 7.88. The molecule has 0 fully saturated rings. The molecule has 0 bridgehead atoms. The Morgan fingerprint density at radius 2 is 1.80 bits per heavy atom. The van der Waals surface area contributed by atoms with Crippen LogP contribution >= 0.6 is 0 Å². The predicted octanol–water partition coefficient (Wildman–Crippen LogP) is 0.440. The quantitative estimate of drug-likeness (QED) is 0.687. The molecule has 1 heterocycles. The van der Waals surface area contributed by atoms with Gasteiger partial charge in [0.25, 0.3) is 0 Å². The van der Waals surface area contributed by atoms with E-state index >= 15 is 0 Å². The number of hydrogen-bond acceptors (Lipinski definition) is 4. The summed E-state index contributed by atoms with van der Waals surface area (Å²) in [7, 11) is 0. The number of rotatable bonds is 2. The first-order valence-electron chi connectivity index (χ1n) is 3.82. The second-order valence-electron chi connectivity index (χ2n) is 2.41. The Bertz CT molecular complexity index is 348. The molecule has 0 aliphatic heterocycles. The van der Waals surface area contributed by atoms with E-state index in [4.69, 9.17) is 10.2 Å². The van der Waals surface area contributed by atoms with Crippen LogP contribution in [0.1, 0.15) is 17.3 Å². The predicted molar refractivity (Wildman–Crippen MR) is 49.5 cm³/mol. The molecule has 1 aromatic rings. The lowest BCUT2D eigenvalue weighted by Crippen LogP contribution is -2.05. The van der Waals surface area contributed by atoms with Crippen molar-refractivity contribution in [1.82, 2.24) is 4.98 Å². The van der Waals surface area contributed by atoms with Crippen molar-refractivity contribution < 1.29 is 24.6 Å². The molecule has 1 aromatic heterocycles. The number of pyridine rings is 1. The van der Waals surface area contributed by atoms with E-state index in [-0.39, 0.29) is 5.56 Å². The van der Waals surface area contributed by atoms with Gasteiger partial charge in [0, 0.05) is 19.3 Å². The van der Waals surface area contributed by atoms with Gasteiger partial charge in [0.1, 0.15) is 0 Å². The summed E-state index contributed by atoms with van der Waals surface area (Å²) in [6.45, 7) is 1.00. The van der Waals surface area contributed by atoms with Gasteiger partial charge in [-0.1, -0.05) is 0 Å². The van der Waals surface area contributed by atoms with Gasteiger partial charge in [-0.15, -0.1) is 0 Å². The maximum atomic E-state index is 10.2. The van der Waals surface area contributed by atoms with Crippen LogP contribution in [0.2, 0.25) is 0 Å². The zero-order valence-corrected chi connectivity index (χ0v) is 7.88. The number of aromatic nitrogens is 1. The molecule has 0 aliphatic rings. The molecule has 0 saturated carbocycles. The summed E-state index contributed by atoms with van der Waals surface area (Å²) in [4.78, 5) is 32.7. The summed E-state index contributed by atoms with van der Waals surface area (Å²) in [6, 6.07) is 3.08. The average Bonchev–Trinajstić information content (AvgIpc) is 2.20. The molecule has 0 unspecified atom stereocenters. The van der Waals surface area contributed by atoms with Crippen LogP contribution in [0.5, 0.6) is 0 Å². The largest absolute Gasteiger partial charge is 0.478 e. The molecule has 0 saturated heterocycles. The molecular weight excluding hydrogens is 202 g/mol. The lowest BCUT2D eigenvalue weighted by atomic mass is 10.3. The first-order valence-corrected chi connectivity index (χ1v) is 3.82. The van der Waals surface area contributed by atoms with E-state index in [0.717, 1.165) is 6.92 Å². The fourth-order valence-corrected chi connectivity index (χ4v) is 0.489. The topological polar surface area (TPSA) is 105 Å². The van der Waals surface area contributed by atoms with Gasteiger partial charge in [-0.3, -0.25) is 9.78 Å². The van der Waals surface area contributed by atoms with Gasteiger partial charge in [0.05, 0.1) is 5.56 Å². The fraction of sp³-hybridized carbons (Fsp3) is 0.111. The van der Waals surface area contributed by atoms with Gasteiger partial charge in [0.2, 0.25) is 5.78 Å². The van der Waals surface area contributed by atoms with Crippen LogP contribution in [-0.2, 0) is 9.59 Å². The van der Waals surface area contributed by atoms with Gasteiger partial charge in [0.15, 0.2) is 0 Å². The number of carbonyl (C=O) groups is 3. The van der Waals surface area contributed by atoms with Crippen LogP contribution < -0.4 is 0 Å². The second kappa shape index (κ2) is 6.25. The maximum Gasteiger partial charge on any atom is 0.371 e. The van der Waals surface area contributed by atoms with E-state index in [1.807, 2.05) is 0 Å². The highest BCUT2D eigenvalue weighted by Crippen LogP contribution is 1.92. The molecule has 1 rings (SSSR count). The average molecular weight is 211 g/mol. The van der Waals surface area contributed by atoms with E-state index in [1.54, 1.807) is 6.07 Å². The normalized spacial score (nSPS) is 8.33. The second-order valence-corrected chi connectivity index (χ2v) is 2.41. The minimum absolute atomic E-state index is 0.220. The van der Waals surface area contributed by atoms with Crippen molar-refractivity contribution in [3.05, 3.63) is 30.1 Å². The van der Waals surface area contributed by atoms with Crippen molar-refractivity contribution in [3.8, 4) is 0 Å². The number of aromatic carboxylic acids is 1. The smallest absolute Gasteiger partial charge is 0.371 e. The Hall–Kier alpha value is -2.24. The third-order valence-electron chi connectivity index (χ3n) is 1.21. The number of aliphatic carboxylic acids is 1. The van der Waals surface area contributed by atoms with Crippen LogP contribution in [0.15, 0.2) is 24.5 Å². The van der Waals surface area contributed by atoms with E-state index in [1.165, 1.54) is 18.5 Å². The van der Waals surface area contributed by atoms with Crippen LogP contribution in [-0.4, -0.2) is 32.9 Å². The third-order valence-corrected chi connectivity index (χ3v) is 1.21. The Morgan fingerprint density at radius 1 is 1.27 bits per heavy atom. The highest BCUT2D eigenvalue weighted by molar-refractivity contribution is 6.31. The number of carboxylic acids is 2. The molecule has 0 spiro atoms. The summed E-state index contributed by atoms with van der Waals surface area (Å²) < 4.78 is 0. The minimum atomic E-state index is -1.38. The van der Waals surface area contributed by atoms with Crippen molar-refractivity contribution in [2.24, 2.45) is 0 Å². The molecule has 6 nitrogen and oxygen atoms in total. The monoisotopic (exact) mass is 211 g/mol. The number of carboxylic acid groups (broad SMARTS) is 2. The van der Waals surface area contributed by atoms with Crippen molar-refractivity contribution >= 4 is 17.7 Å². The summed E-state index contributed by atoms with van der Waals surface area (Å²) in [5, 5.41) is 16.0. The molecule has 2 N–H and O–H groups in total. The first-order chi connectivity index (χ1) is 6.95. The lowest BCUT2D eigenvalue weighted by molar-refractivity contribution is -0.148. The number of nitrogens with zero attached hydrogens (tertiary/aromatic N) is 1. The number of Topliss-reactive ketones (excluding diaryl/α,β-unsaturated/α-hetero) is 1. The summed E-state index contributed by atoms with van der Waals surface area (Å²) in [5.41, 5.74) is 0.220. The highest BCUT2D eigenvalue weighted by atomic mass is 16.4. The number of ketones is 1. The van der Waals surface area contributed by atoms with Crippen molar-refractivity contribution in [3.63, 3.8) is 0 Å². The summed E-state index contributed by atoms with van der Waals surface area (Å²) >= 11 is 0. The van der Waals surface area contributed by atoms with Crippen LogP contribution in [0.3, 0.4) is 0 Å². The molecule has 0 aromatic carbocycles. The summed E-state index contributed by atoms with van der Waals surface area (Å²) in [6.07, 6.45) is 2.84. The number of hydrogen-bond donors (Lipinski definition) is 2. The molecule has 0 amide bonds. The van der Waals surface area contributed by atoms with Crippen molar-refractivity contribution in [2.75, 3.05) is 0 Å². The summed E-state index contributed by atoms with van der Waals surface area (Å²) in [5.74, 6) is -3.15. The van der Waals surface area contributed by atoms with Crippen molar-refractivity contribution in [2.45, 2.75) is 6.92 Å².